The molecule has 0 fully saturated rings. The highest BCUT2D eigenvalue weighted by Crippen LogP contribution is 2.35. The molecule has 88 valence electrons. The van der Waals surface area contributed by atoms with Crippen molar-refractivity contribution in [2.75, 3.05) is 0 Å². The molecule has 0 atom stereocenters. The number of phenols is 2. The van der Waals surface area contributed by atoms with E-state index in [1.807, 2.05) is 32.9 Å². The molecular weight excluding hydrogens is 212 g/mol. The van der Waals surface area contributed by atoms with Gasteiger partial charge in [-0.1, -0.05) is 18.2 Å². The molecule has 0 amide bonds. The van der Waals surface area contributed by atoms with Gasteiger partial charge in [0.25, 0.3) is 0 Å². The van der Waals surface area contributed by atoms with Gasteiger partial charge in [0.05, 0.1) is 0 Å². The number of rotatable bonds is 1. The van der Waals surface area contributed by atoms with Crippen molar-refractivity contribution in [3.63, 3.8) is 0 Å². The Morgan fingerprint density at radius 3 is 2.24 bits per heavy atom. The summed E-state index contributed by atoms with van der Waals surface area (Å²) in [7, 11) is 0. The number of hydrogen-bond donors (Lipinski definition) is 2. The highest BCUT2D eigenvalue weighted by molar-refractivity contribution is 5.75. The van der Waals surface area contributed by atoms with Crippen molar-refractivity contribution in [3.05, 3.63) is 47.0 Å². The maximum absolute atomic E-state index is 9.98. The average molecular weight is 228 g/mol. The van der Waals surface area contributed by atoms with Gasteiger partial charge < -0.3 is 10.2 Å². The van der Waals surface area contributed by atoms with Crippen molar-refractivity contribution < 1.29 is 10.2 Å². The second kappa shape index (κ2) is 4.13. The Balaban J connectivity index is 2.72. The first kappa shape index (κ1) is 11.5. The molecule has 2 heteroatoms. The van der Waals surface area contributed by atoms with Crippen LogP contribution in [0.2, 0.25) is 0 Å². The predicted molar refractivity (Wildman–Crippen MR) is 69.4 cm³/mol. The summed E-state index contributed by atoms with van der Waals surface area (Å²) in [5, 5.41) is 19.5. The Hall–Kier alpha value is -1.96. The molecule has 2 aromatic rings. The van der Waals surface area contributed by atoms with Crippen molar-refractivity contribution in [2.24, 2.45) is 0 Å². The van der Waals surface area contributed by atoms with E-state index in [1.165, 1.54) is 0 Å². The summed E-state index contributed by atoms with van der Waals surface area (Å²) in [5.41, 5.74) is 4.75. The summed E-state index contributed by atoms with van der Waals surface area (Å²) >= 11 is 0. The van der Waals surface area contributed by atoms with Crippen LogP contribution in [0.15, 0.2) is 30.3 Å². The SMILES string of the molecule is Cc1cc(C)c(-c2cccc(O)c2)c(C)c1O. The van der Waals surface area contributed by atoms with Gasteiger partial charge in [-0.3, -0.25) is 0 Å². The van der Waals surface area contributed by atoms with Gasteiger partial charge in [0.1, 0.15) is 11.5 Å². The highest BCUT2D eigenvalue weighted by Gasteiger charge is 2.12. The van der Waals surface area contributed by atoms with E-state index in [-0.39, 0.29) is 5.75 Å². The van der Waals surface area contributed by atoms with E-state index in [0.29, 0.717) is 5.75 Å². The summed E-state index contributed by atoms with van der Waals surface area (Å²) in [5.74, 6) is 0.565. The first-order valence-corrected chi connectivity index (χ1v) is 5.60. The molecule has 0 aliphatic rings. The van der Waals surface area contributed by atoms with Gasteiger partial charge in [0.15, 0.2) is 0 Å². The van der Waals surface area contributed by atoms with E-state index < -0.39 is 0 Å². The fourth-order valence-electron chi connectivity index (χ4n) is 2.28. The van der Waals surface area contributed by atoms with Gasteiger partial charge in [0, 0.05) is 0 Å². The summed E-state index contributed by atoms with van der Waals surface area (Å²) in [6, 6.07) is 9.05. The zero-order valence-electron chi connectivity index (χ0n) is 10.3. The normalized spacial score (nSPS) is 10.5. The zero-order chi connectivity index (χ0) is 12.6. The Morgan fingerprint density at radius 1 is 0.882 bits per heavy atom. The lowest BCUT2D eigenvalue weighted by Crippen LogP contribution is -1.91. The molecule has 2 nitrogen and oxygen atoms in total. The number of phenolic OH excluding ortho intramolecular Hbond substituents is 2. The molecule has 0 heterocycles. The van der Waals surface area contributed by atoms with E-state index >= 15 is 0 Å². The third-order valence-electron chi connectivity index (χ3n) is 3.07. The lowest BCUT2D eigenvalue weighted by atomic mass is 9.93. The molecule has 0 aromatic heterocycles. The van der Waals surface area contributed by atoms with E-state index in [2.05, 4.69) is 0 Å². The largest absolute Gasteiger partial charge is 0.508 e. The molecule has 17 heavy (non-hydrogen) atoms. The topological polar surface area (TPSA) is 40.5 Å². The van der Waals surface area contributed by atoms with Crippen LogP contribution in [-0.4, -0.2) is 10.2 Å². The molecule has 0 saturated carbocycles. The molecule has 0 spiro atoms. The first-order valence-electron chi connectivity index (χ1n) is 5.60. The molecule has 0 saturated heterocycles. The maximum atomic E-state index is 9.98. The third-order valence-corrected chi connectivity index (χ3v) is 3.07. The highest BCUT2D eigenvalue weighted by atomic mass is 16.3. The van der Waals surface area contributed by atoms with E-state index in [4.69, 9.17) is 0 Å². The summed E-state index contributed by atoms with van der Waals surface area (Å²) < 4.78 is 0. The third kappa shape index (κ3) is 1.98. The fourth-order valence-corrected chi connectivity index (χ4v) is 2.28. The number of benzene rings is 2. The van der Waals surface area contributed by atoms with Crippen molar-refractivity contribution >= 4 is 0 Å². The molecule has 2 N–H and O–H groups in total. The number of hydrogen-bond acceptors (Lipinski definition) is 2. The lowest BCUT2D eigenvalue weighted by molar-refractivity contribution is 0.467. The van der Waals surface area contributed by atoms with Gasteiger partial charge >= 0.3 is 0 Å². The van der Waals surface area contributed by atoms with Crippen LogP contribution in [0.3, 0.4) is 0 Å². The monoisotopic (exact) mass is 228 g/mol. The van der Waals surface area contributed by atoms with E-state index in [1.54, 1.807) is 18.2 Å². The van der Waals surface area contributed by atoms with Crippen LogP contribution in [0.25, 0.3) is 11.1 Å². The van der Waals surface area contributed by atoms with Crippen LogP contribution in [-0.2, 0) is 0 Å². The minimum Gasteiger partial charge on any atom is -0.508 e. The van der Waals surface area contributed by atoms with Crippen LogP contribution in [0.1, 0.15) is 16.7 Å². The summed E-state index contributed by atoms with van der Waals surface area (Å²) in [6.45, 7) is 5.80. The maximum Gasteiger partial charge on any atom is 0.122 e. The Bertz CT molecular complexity index is 571. The molecule has 0 unspecified atom stereocenters. The molecule has 0 bridgehead atoms. The predicted octanol–water partition coefficient (Wildman–Crippen LogP) is 3.69. The standard InChI is InChI=1S/C15H16O2/c1-9-7-10(2)15(17)11(3)14(9)12-5-4-6-13(16)8-12/h4-8,16-17H,1-3H3. The Morgan fingerprint density at radius 2 is 1.59 bits per heavy atom. The van der Waals surface area contributed by atoms with Crippen LogP contribution >= 0.6 is 0 Å². The molecule has 2 aromatic carbocycles. The minimum atomic E-state index is 0.237. The van der Waals surface area contributed by atoms with Gasteiger partial charge in [-0.15, -0.1) is 0 Å². The molecule has 0 aliphatic heterocycles. The van der Waals surface area contributed by atoms with Crippen LogP contribution in [0.5, 0.6) is 11.5 Å². The van der Waals surface area contributed by atoms with Gasteiger partial charge in [-0.2, -0.15) is 0 Å². The zero-order valence-corrected chi connectivity index (χ0v) is 10.3. The van der Waals surface area contributed by atoms with Crippen molar-refractivity contribution in [3.8, 4) is 22.6 Å². The van der Waals surface area contributed by atoms with Crippen LogP contribution in [0.4, 0.5) is 0 Å². The van der Waals surface area contributed by atoms with Crippen LogP contribution in [0, 0.1) is 20.8 Å². The quantitative estimate of drug-likeness (QED) is 0.781. The first-order chi connectivity index (χ1) is 8.00. The summed E-state index contributed by atoms with van der Waals surface area (Å²) in [6.07, 6.45) is 0. The average Bonchev–Trinajstić information content (AvgIpc) is 2.26. The molecular formula is C15H16O2. The van der Waals surface area contributed by atoms with Gasteiger partial charge in [0.2, 0.25) is 0 Å². The van der Waals surface area contributed by atoms with Crippen molar-refractivity contribution in [2.45, 2.75) is 20.8 Å². The van der Waals surface area contributed by atoms with Crippen molar-refractivity contribution in [1.29, 1.82) is 0 Å². The molecule has 0 aliphatic carbocycles. The van der Waals surface area contributed by atoms with Crippen LogP contribution < -0.4 is 0 Å². The Kier molecular flexibility index (Phi) is 2.80. The minimum absolute atomic E-state index is 0.237. The van der Waals surface area contributed by atoms with Gasteiger partial charge in [-0.25, -0.2) is 0 Å². The van der Waals surface area contributed by atoms with Crippen molar-refractivity contribution in [1.82, 2.24) is 0 Å². The second-order valence-electron chi connectivity index (χ2n) is 4.41. The smallest absolute Gasteiger partial charge is 0.122 e. The summed E-state index contributed by atoms with van der Waals surface area (Å²) in [4.78, 5) is 0. The Labute approximate surface area is 101 Å². The molecule has 2 rings (SSSR count). The van der Waals surface area contributed by atoms with E-state index in [0.717, 1.165) is 27.8 Å². The van der Waals surface area contributed by atoms with Gasteiger partial charge in [-0.05, 0) is 60.7 Å². The fraction of sp³-hybridized carbons (Fsp3) is 0.200. The number of aryl methyl sites for hydroxylation is 2. The van der Waals surface area contributed by atoms with E-state index in [9.17, 15) is 10.2 Å². The lowest BCUT2D eigenvalue weighted by Gasteiger charge is -2.14. The second-order valence-corrected chi connectivity index (χ2v) is 4.41. The molecule has 0 radical (unpaired) electrons. The number of aromatic hydroxyl groups is 2.